The van der Waals surface area contributed by atoms with E-state index in [1.54, 1.807) is 17.4 Å². The Labute approximate surface area is 156 Å². The SMILES string of the molecule is CCOc1ccc(CNC(=O)c2cc(-c3cccs3)[nH]n2)cc1OCC. The van der Waals surface area contributed by atoms with Crippen LogP contribution in [0, 0.1) is 0 Å². The van der Waals surface area contributed by atoms with E-state index in [1.165, 1.54) is 0 Å². The van der Waals surface area contributed by atoms with Crippen LogP contribution in [0.25, 0.3) is 10.6 Å². The van der Waals surface area contributed by atoms with Crippen molar-refractivity contribution in [2.45, 2.75) is 20.4 Å². The number of benzene rings is 1. The molecule has 1 aromatic carbocycles. The molecular formula is C19H21N3O3S. The van der Waals surface area contributed by atoms with Gasteiger partial charge in [-0.1, -0.05) is 12.1 Å². The van der Waals surface area contributed by atoms with Crippen molar-refractivity contribution in [1.82, 2.24) is 15.5 Å². The standard InChI is InChI=1S/C19H21N3O3S/c1-3-24-16-8-7-13(10-17(16)25-4-2)12-20-19(23)15-11-14(21-22-15)18-6-5-9-26-18/h5-11H,3-4,12H2,1-2H3,(H,20,23)(H,21,22). The van der Waals surface area contributed by atoms with Crippen LogP contribution in [0.15, 0.2) is 41.8 Å². The number of hydrogen-bond acceptors (Lipinski definition) is 5. The van der Waals surface area contributed by atoms with Crippen LogP contribution in [-0.2, 0) is 6.54 Å². The molecule has 2 heterocycles. The molecule has 2 N–H and O–H groups in total. The summed E-state index contributed by atoms with van der Waals surface area (Å²) in [5.41, 5.74) is 2.13. The molecule has 0 bridgehead atoms. The Morgan fingerprint density at radius 2 is 1.96 bits per heavy atom. The number of nitrogens with zero attached hydrogens (tertiary/aromatic N) is 1. The molecule has 6 nitrogen and oxygen atoms in total. The van der Waals surface area contributed by atoms with Crippen LogP contribution >= 0.6 is 11.3 Å². The molecule has 0 aliphatic rings. The summed E-state index contributed by atoms with van der Waals surface area (Å²) in [5, 5.41) is 11.9. The summed E-state index contributed by atoms with van der Waals surface area (Å²) in [6.45, 7) is 5.36. The lowest BCUT2D eigenvalue weighted by atomic mass is 10.2. The van der Waals surface area contributed by atoms with Gasteiger partial charge in [0, 0.05) is 6.54 Å². The van der Waals surface area contributed by atoms with Gasteiger partial charge in [0.25, 0.3) is 5.91 Å². The molecule has 0 fully saturated rings. The lowest BCUT2D eigenvalue weighted by molar-refractivity contribution is 0.0946. The number of ether oxygens (including phenoxy) is 2. The van der Waals surface area contributed by atoms with Crippen LogP contribution in [0.1, 0.15) is 29.9 Å². The average Bonchev–Trinajstić information content (AvgIpc) is 3.33. The maximum Gasteiger partial charge on any atom is 0.272 e. The normalized spacial score (nSPS) is 10.5. The lowest BCUT2D eigenvalue weighted by Gasteiger charge is -2.12. The first-order valence-corrected chi connectivity index (χ1v) is 9.35. The molecule has 3 aromatic rings. The van der Waals surface area contributed by atoms with Crippen molar-refractivity contribution in [3.05, 3.63) is 53.0 Å². The number of carbonyl (C=O) groups excluding carboxylic acids is 1. The second kappa shape index (κ2) is 8.53. The van der Waals surface area contributed by atoms with Gasteiger partial charge >= 0.3 is 0 Å². The van der Waals surface area contributed by atoms with Gasteiger partial charge in [0.2, 0.25) is 0 Å². The number of nitrogens with one attached hydrogen (secondary N) is 2. The van der Waals surface area contributed by atoms with Gasteiger partial charge in [0.1, 0.15) is 0 Å². The highest BCUT2D eigenvalue weighted by molar-refractivity contribution is 7.13. The molecule has 1 amide bonds. The summed E-state index contributed by atoms with van der Waals surface area (Å²) in [7, 11) is 0. The molecule has 0 aliphatic heterocycles. The number of thiophene rings is 1. The van der Waals surface area contributed by atoms with Gasteiger partial charge in [0.15, 0.2) is 17.2 Å². The van der Waals surface area contributed by atoms with E-state index in [2.05, 4.69) is 15.5 Å². The minimum Gasteiger partial charge on any atom is -0.490 e. The molecule has 26 heavy (non-hydrogen) atoms. The quantitative estimate of drug-likeness (QED) is 0.630. The van der Waals surface area contributed by atoms with Crippen molar-refractivity contribution < 1.29 is 14.3 Å². The van der Waals surface area contributed by atoms with Crippen LogP contribution in [0.3, 0.4) is 0 Å². The highest BCUT2D eigenvalue weighted by Crippen LogP contribution is 2.28. The molecule has 136 valence electrons. The maximum atomic E-state index is 12.3. The Balaban J connectivity index is 1.65. The van der Waals surface area contributed by atoms with Gasteiger partial charge in [-0.3, -0.25) is 9.89 Å². The predicted octanol–water partition coefficient (Wildman–Crippen LogP) is 3.87. The van der Waals surface area contributed by atoms with Gasteiger partial charge in [0.05, 0.1) is 23.8 Å². The molecule has 0 saturated heterocycles. The highest BCUT2D eigenvalue weighted by Gasteiger charge is 2.12. The molecule has 3 rings (SSSR count). The molecule has 0 saturated carbocycles. The van der Waals surface area contributed by atoms with Gasteiger partial charge in [-0.25, -0.2) is 0 Å². The fraction of sp³-hybridized carbons (Fsp3) is 0.263. The maximum absolute atomic E-state index is 12.3. The van der Waals surface area contributed by atoms with E-state index in [0.29, 0.717) is 37.0 Å². The van der Waals surface area contributed by atoms with E-state index in [0.717, 1.165) is 16.1 Å². The third-order valence-electron chi connectivity index (χ3n) is 3.66. The van der Waals surface area contributed by atoms with Crippen molar-refractivity contribution in [2.75, 3.05) is 13.2 Å². The monoisotopic (exact) mass is 371 g/mol. The third kappa shape index (κ3) is 4.23. The van der Waals surface area contributed by atoms with Gasteiger partial charge in [-0.05, 0) is 49.1 Å². The topological polar surface area (TPSA) is 76.2 Å². The zero-order valence-electron chi connectivity index (χ0n) is 14.7. The number of hydrogen-bond donors (Lipinski definition) is 2. The van der Waals surface area contributed by atoms with E-state index in [-0.39, 0.29) is 5.91 Å². The molecule has 2 aromatic heterocycles. The van der Waals surface area contributed by atoms with Crippen LogP contribution < -0.4 is 14.8 Å². The van der Waals surface area contributed by atoms with E-state index < -0.39 is 0 Å². The second-order valence-electron chi connectivity index (χ2n) is 5.47. The minimum absolute atomic E-state index is 0.226. The van der Waals surface area contributed by atoms with Crippen molar-refractivity contribution >= 4 is 17.2 Å². The summed E-state index contributed by atoms with van der Waals surface area (Å²) in [6.07, 6.45) is 0. The summed E-state index contributed by atoms with van der Waals surface area (Å²) in [6, 6.07) is 11.4. The second-order valence-corrected chi connectivity index (χ2v) is 6.42. The van der Waals surface area contributed by atoms with E-state index in [4.69, 9.17) is 9.47 Å². The smallest absolute Gasteiger partial charge is 0.272 e. The molecule has 0 unspecified atom stereocenters. The third-order valence-corrected chi connectivity index (χ3v) is 4.56. The first kappa shape index (κ1) is 18.0. The fourth-order valence-corrected chi connectivity index (χ4v) is 3.17. The Hall–Kier alpha value is -2.80. The predicted molar refractivity (Wildman–Crippen MR) is 102 cm³/mol. The highest BCUT2D eigenvalue weighted by atomic mass is 32.1. The summed E-state index contributed by atoms with van der Waals surface area (Å²) < 4.78 is 11.2. The first-order valence-electron chi connectivity index (χ1n) is 8.47. The number of H-pyrrole nitrogens is 1. The summed E-state index contributed by atoms with van der Waals surface area (Å²) in [5.74, 6) is 1.16. The molecule has 7 heteroatoms. The molecular weight excluding hydrogens is 350 g/mol. The zero-order chi connectivity index (χ0) is 18.4. The van der Waals surface area contributed by atoms with Crippen molar-refractivity contribution in [1.29, 1.82) is 0 Å². The zero-order valence-corrected chi connectivity index (χ0v) is 15.6. The Morgan fingerprint density at radius 1 is 1.15 bits per heavy atom. The molecule has 0 spiro atoms. The van der Waals surface area contributed by atoms with Crippen LogP contribution in [0.5, 0.6) is 11.5 Å². The number of aromatic nitrogens is 2. The minimum atomic E-state index is -0.226. The average molecular weight is 371 g/mol. The Morgan fingerprint density at radius 3 is 2.69 bits per heavy atom. The number of aromatic amines is 1. The largest absolute Gasteiger partial charge is 0.490 e. The summed E-state index contributed by atoms with van der Waals surface area (Å²) >= 11 is 1.59. The Bertz CT molecular complexity index is 859. The van der Waals surface area contributed by atoms with Crippen molar-refractivity contribution in [3.63, 3.8) is 0 Å². The van der Waals surface area contributed by atoms with Gasteiger partial charge in [-0.2, -0.15) is 5.10 Å². The van der Waals surface area contributed by atoms with E-state index in [9.17, 15) is 4.79 Å². The van der Waals surface area contributed by atoms with Crippen molar-refractivity contribution in [2.24, 2.45) is 0 Å². The van der Waals surface area contributed by atoms with Crippen molar-refractivity contribution in [3.8, 4) is 22.1 Å². The Kier molecular flexibility index (Phi) is 5.91. The molecule has 0 aliphatic carbocycles. The summed E-state index contributed by atoms with van der Waals surface area (Å²) in [4.78, 5) is 13.4. The lowest BCUT2D eigenvalue weighted by Crippen LogP contribution is -2.23. The van der Waals surface area contributed by atoms with Crippen LogP contribution in [0.4, 0.5) is 0 Å². The molecule has 0 atom stereocenters. The van der Waals surface area contributed by atoms with Crippen LogP contribution in [-0.4, -0.2) is 29.3 Å². The number of rotatable bonds is 8. The number of amides is 1. The van der Waals surface area contributed by atoms with Crippen LogP contribution in [0.2, 0.25) is 0 Å². The van der Waals surface area contributed by atoms with E-state index in [1.807, 2.05) is 49.6 Å². The first-order chi connectivity index (χ1) is 12.7. The molecule has 0 radical (unpaired) electrons. The fourth-order valence-electron chi connectivity index (χ4n) is 2.47. The van der Waals surface area contributed by atoms with Gasteiger partial charge in [-0.15, -0.1) is 11.3 Å². The number of carbonyl (C=O) groups is 1. The van der Waals surface area contributed by atoms with Gasteiger partial charge < -0.3 is 14.8 Å². The van der Waals surface area contributed by atoms with E-state index >= 15 is 0 Å².